The SMILES string of the molecule is C=CC(=O)Nc1nc(Nc2ccc(CN3CCN(C)CC3)cc2)nc2c1ncn2C1CCN(C(=O)C=C)CC1. The Kier molecular flexibility index (Phi) is 7.99. The summed E-state index contributed by atoms with van der Waals surface area (Å²) in [5, 5.41) is 6.06. The molecule has 39 heavy (non-hydrogen) atoms. The molecule has 2 amide bonds. The van der Waals surface area contributed by atoms with Gasteiger partial charge in [-0.15, -0.1) is 0 Å². The smallest absolute Gasteiger partial charge is 0.248 e. The molecule has 204 valence electrons. The summed E-state index contributed by atoms with van der Waals surface area (Å²) in [5.74, 6) is 0.244. The summed E-state index contributed by atoms with van der Waals surface area (Å²) in [6, 6.07) is 8.38. The van der Waals surface area contributed by atoms with Crippen LogP contribution >= 0.6 is 0 Å². The normalized spacial score (nSPS) is 17.2. The Bertz CT molecular complexity index is 1350. The fourth-order valence-corrected chi connectivity index (χ4v) is 5.07. The van der Waals surface area contributed by atoms with E-state index in [1.807, 2.05) is 16.7 Å². The van der Waals surface area contributed by atoms with E-state index in [2.05, 4.69) is 62.7 Å². The molecule has 0 spiro atoms. The second-order valence-corrected chi connectivity index (χ2v) is 10.1. The number of nitrogens with zero attached hydrogens (tertiary/aromatic N) is 7. The minimum atomic E-state index is -0.375. The summed E-state index contributed by atoms with van der Waals surface area (Å²) in [6.45, 7) is 13.6. The van der Waals surface area contributed by atoms with Gasteiger partial charge in [0, 0.05) is 57.5 Å². The third-order valence-electron chi connectivity index (χ3n) is 7.40. The highest BCUT2D eigenvalue weighted by Crippen LogP contribution is 2.29. The number of piperazine rings is 1. The lowest BCUT2D eigenvalue weighted by Crippen LogP contribution is -2.43. The van der Waals surface area contributed by atoms with Gasteiger partial charge in [-0.05, 0) is 49.7 Å². The van der Waals surface area contributed by atoms with Crippen molar-refractivity contribution in [2.24, 2.45) is 0 Å². The summed E-state index contributed by atoms with van der Waals surface area (Å²) in [4.78, 5) is 44.6. The molecule has 2 fully saturated rings. The van der Waals surface area contributed by atoms with Gasteiger partial charge >= 0.3 is 0 Å². The topological polar surface area (TPSA) is 112 Å². The number of rotatable bonds is 8. The molecule has 2 saturated heterocycles. The van der Waals surface area contributed by atoms with Crippen LogP contribution in [0.4, 0.5) is 17.5 Å². The van der Waals surface area contributed by atoms with Crippen LogP contribution in [0.25, 0.3) is 11.2 Å². The van der Waals surface area contributed by atoms with Crippen molar-refractivity contribution in [1.82, 2.24) is 34.2 Å². The highest BCUT2D eigenvalue weighted by molar-refractivity contribution is 6.02. The standard InChI is InChI=1S/C28H35N9O2/c1-4-23(38)31-26-25-27(37(19-29-25)22-10-12-36(13-11-22)24(39)5-2)33-28(32-26)30-21-8-6-20(7-9-21)18-35-16-14-34(3)15-17-35/h4-9,19,22H,1-2,10-18H2,3H3,(H2,30,31,32,33,38). The summed E-state index contributed by atoms with van der Waals surface area (Å²) in [7, 11) is 2.16. The number of likely N-dealkylation sites (tertiary alicyclic amines) is 1. The Labute approximate surface area is 228 Å². The average Bonchev–Trinajstić information content (AvgIpc) is 3.39. The summed E-state index contributed by atoms with van der Waals surface area (Å²) < 4.78 is 2.01. The van der Waals surface area contributed by atoms with E-state index in [1.54, 1.807) is 11.2 Å². The third-order valence-corrected chi connectivity index (χ3v) is 7.40. The van der Waals surface area contributed by atoms with Crippen LogP contribution in [0.15, 0.2) is 55.9 Å². The first kappa shape index (κ1) is 26.5. The molecule has 2 N–H and O–H groups in total. The van der Waals surface area contributed by atoms with Gasteiger partial charge in [-0.1, -0.05) is 25.3 Å². The van der Waals surface area contributed by atoms with Crippen molar-refractivity contribution in [3.63, 3.8) is 0 Å². The van der Waals surface area contributed by atoms with Crippen LogP contribution in [0, 0.1) is 0 Å². The van der Waals surface area contributed by atoms with Gasteiger partial charge in [0.1, 0.15) is 0 Å². The molecule has 0 bridgehead atoms. The monoisotopic (exact) mass is 529 g/mol. The highest BCUT2D eigenvalue weighted by atomic mass is 16.2. The Balaban J connectivity index is 1.36. The van der Waals surface area contributed by atoms with Gasteiger partial charge in [-0.3, -0.25) is 14.5 Å². The molecular weight excluding hydrogens is 494 g/mol. The zero-order valence-electron chi connectivity index (χ0n) is 22.3. The fraction of sp³-hybridized carbons (Fsp3) is 0.393. The molecule has 1 aromatic carbocycles. The molecule has 11 heteroatoms. The van der Waals surface area contributed by atoms with Gasteiger partial charge < -0.3 is 25.0 Å². The van der Waals surface area contributed by atoms with Crippen molar-refractivity contribution in [3.05, 3.63) is 61.5 Å². The number of carbonyl (C=O) groups is 2. The van der Waals surface area contributed by atoms with Crippen molar-refractivity contribution in [2.75, 3.05) is 56.9 Å². The Hall–Kier alpha value is -4.09. The molecule has 0 radical (unpaired) electrons. The second-order valence-electron chi connectivity index (χ2n) is 10.1. The Morgan fingerprint density at radius 3 is 2.38 bits per heavy atom. The molecule has 0 aliphatic carbocycles. The van der Waals surface area contributed by atoms with Crippen LogP contribution < -0.4 is 10.6 Å². The van der Waals surface area contributed by atoms with E-state index >= 15 is 0 Å². The van der Waals surface area contributed by atoms with E-state index in [0.29, 0.717) is 36.0 Å². The lowest BCUT2D eigenvalue weighted by atomic mass is 10.0. The highest BCUT2D eigenvalue weighted by Gasteiger charge is 2.25. The van der Waals surface area contributed by atoms with E-state index < -0.39 is 0 Å². The van der Waals surface area contributed by atoms with Crippen LogP contribution in [-0.2, 0) is 16.1 Å². The molecule has 4 heterocycles. The van der Waals surface area contributed by atoms with E-state index in [9.17, 15) is 9.59 Å². The zero-order chi connectivity index (χ0) is 27.4. The lowest BCUT2D eigenvalue weighted by Gasteiger charge is -2.32. The average molecular weight is 530 g/mol. The number of likely N-dealkylation sites (N-methyl/N-ethyl adjacent to an activating group) is 1. The predicted molar refractivity (Wildman–Crippen MR) is 152 cm³/mol. The molecule has 0 unspecified atom stereocenters. The molecule has 2 aliphatic rings. The number of hydrogen-bond acceptors (Lipinski definition) is 8. The largest absolute Gasteiger partial charge is 0.339 e. The number of piperidine rings is 1. The molecule has 0 saturated carbocycles. The first-order valence-corrected chi connectivity index (χ1v) is 13.3. The lowest BCUT2D eigenvalue weighted by molar-refractivity contribution is -0.127. The molecule has 2 aliphatic heterocycles. The minimum Gasteiger partial charge on any atom is -0.339 e. The van der Waals surface area contributed by atoms with E-state index in [4.69, 9.17) is 4.98 Å². The second kappa shape index (κ2) is 11.7. The van der Waals surface area contributed by atoms with Crippen LogP contribution in [0.3, 0.4) is 0 Å². The van der Waals surface area contributed by atoms with Crippen LogP contribution in [0.2, 0.25) is 0 Å². The molecule has 11 nitrogen and oxygen atoms in total. The van der Waals surface area contributed by atoms with E-state index in [1.165, 1.54) is 17.7 Å². The summed E-state index contributed by atoms with van der Waals surface area (Å²) >= 11 is 0. The number of hydrogen-bond donors (Lipinski definition) is 2. The molecule has 3 aromatic rings. The van der Waals surface area contributed by atoms with Crippen molar-refractivity contribution in [3.8, 4) is 0 Å². The number of imidazole rings is 1. The third kappa shape index (κ3) is 6.15. The van der Waals surface area contributed by atoms with Crippen LogP contribution in [0.1, 0.15) is 24.4 Å². The van der Waals surface area contributed by atoms with Crippen molar-refractivity contribution < 1.29 is 9.59 Å². The maximum absolute atomic E-state index is 12.2. The van der Waals surface area contributed by atoms with Gasteiger partial charge in [-0.25, -0.2) is 4.98 Å². The predicted octanol–water partition coefficient (Wildman–Crippen LogP) is 2.79. The number of carbonyl (C=O) groups excluding carboxylic acids is 2. The minimum absolute atomic E-state index is 0.0540. The maximum Gasteiger partial charge on any atom is 0.248 e. The van der Waals surface area contributed by atoms with Crippen molar-refractivity contribution in [1.29, 1.82) is 0 Å². The van der Waals surface area contributed by atoms with E-state index in [-0.39, 0.29) is 17.9 Å². The first-order valence-electron chi connectivity index (χ1n) is 13.3. The van der Waals surface area contributed by atoms with Gasteiger partial charge in [0.2, 0.25) is 17.8 Å². The summed E-state index contributed by atoms with van der Waals surface area (Å²) in [6.07, 6.45) is 5.81. The van der Waals surface area contributed by atoms with Crippen molar-refractivity contribution in [2.45, 2.75) is 25.4 Å². The van der Waals surface area contributed by atoms with Gasteiger partial charge in [-0.2, -0.15) is 9.97 Å². The maximum atomic E-state index is 12.2. The number of amides is 2. The van der Waals surface area contributed by atoms with Gasteiger partial charge in [0.05, 0.1) is 6.33 Å². The number of fused-ring (bicyclic) bond motifs is 1. The fourth-order valence-electron chi connectivity index (χ4n) is 5.07. The van der Waals surface area contributed by atoms with Gasteiger partial charge in [0.15, 0.2) is 17.0 Å². The van der Waals surface area contributed by atoms with Crippen LogP contribution in [-0.4, -0.2) is 92.3 Å². The molecule has 0 atom stereocenters. The number of nitrogens with one attached hydrogen (secondary N) is 2. The molecule has 5 rings (SSSR count). The van der Waals surface area contributed by atoms with Crippen molar-refractivity contribution >= 4 is 40.4 Å². The Morgan fingerprint density at radius 2 is 1.72 bits per heavy atom. The number of benzene rings is 1. The quantitative estimate of drug-likeness (QED) is 0.429. The number of anilines is 3. The number of aromatic nitrogens is 4. The van der Waals surface area contributed by atoms with Crippen LogP contribution in [0.5, 0.6) is 0 Å². The first-order chi connectivity index (χ1) is 18.9. The molecular formula is C28H35N9O2. The summed E-state index contributed by atoms with van der Waals surface area (Å²) in [5.41, 5.74) is 3.22. The Morgan fingerprint density at radius 1 is 1.00 bits per heavy atom. The molecule has 2 aromatic heterocycles. The zero-order valence-corrected chi connectivity index (χ0v) is 22.3. The van der Waals surface area contributed by atoms with E-state index in [0.717, 1.165) is 51.3 Å². The van der Waals surface area contributed by atoms with Gasteiger partial charge in [0.25, 0.3) is 0 Å².